The number of nitrogens with two attached hydrogens (primary N) is 1. The van der Waals surface area contributed by atoms with E-state index in [9.17, 15) is 4.79 Å². The van der Waals surface area contributed by atoms with Gasteiger partial charge in [-0.25, -0.2) is 10.1 Å². The number of thioether (sulfide) groups is 1. The molecule has 33 heavy (non-hydrogen) atoms. The Hall–Kier alpha value is -4.31. The highest BCUT2D eigenvalue weighted by molar-refractivity contribution is 7.99. The Balaban J connectivity index is 1.30. The zero-order valence-electron chi connectivity index (χ0n) is 17.5. The average Bonchev–Trinajstić information content (AvgIpc) is 3.18. The Morgan fingerprint density at radius 2 is 1.73 bits per heavy atom. The van der Waals surface area contributed by atoms with Gasteiger partial charge in [0.1, 0.15) is 11.5 Å². The largest absolute Gasteiger partial charge is 0.457 e. The van der Waals surface area contributed by atoms with Crippen molar-refractivity contribution >= 4 is 35.5 Å². The van der Waals surface area contributed by atoms with E-state index >= 15 is 0 Å². The molecule has 9 nitrogen and oxygen atoms in total. The number of ether oxygens (including phenoxy) is 1. The molecule has 1 heterocycles. The number of hydrogen-bond donors (Lipinski definition) is 3. The monoisotopic (exact) mass is 459 g/mol. The summed E-state index contributed by atoms with van der Waals surface area (Å²) in [5.41, 5.74) is 4.31. The Morgan fingerprint density at radius 1 is 1.00 bits per heavy atom. The molecule has 4 rings (SSSR count). The summed E-state index contributed by atoms with van der Waals surface area (Å²) < 4.78 is 7.07. The van der Waals surface area contributed by atoms with Gasteiger partial charge < -0.3 is 15.9 Å². The third-order valence-electron chi connectivity index (χ3n) is 4.27. The first-order valence-corrected chi connectivity index (χ1v) is 11.0. The van der Waals surface area contributed by atoms with Gasteiger partial charge >= 0.3 is 0 Å². The fourth-order valence-corrected chi connectivity index (χ4v) is 3.40. The number of hydrazone groups is 1. The number of nitrogen functional groups attached to an aromatic ring is 1. The molecule has 4 N–H and O–H groups in total. The molecule has 0 aliphatic heterocycles. The first-order chi connectivity index (χ1) is 16.2. The van der Waals surface area contributed by atoms with E-state index in [1.807, 2.05) is 84.9 Å². The highest BCUT2D eigenvalue weighted by atomic mass is 32.2. The third-order valence-corrected chi connectivity index (χ3v) is 5.21. The maximum atomic E-state index is 12.1. The molecule has 0 spiro atoms. The van der Waals surface area contributed by atoms with Crippen LogP contribution in [0.5, 0.6) is 11.5 Å². The molecule has 166 valence electrons. The molecule has 0 aliphatic rings. The van der Waals surface area contributed by atoms with E-state index in [0.717, 1.165) is 17.0 Å². The van der Waals surface area contributed by atoms with E-state index in [0.29, 0.717) is 10.9 Å². The van der Waals surface area contributed by atoms with Crippen molar-refractivity contribution in [2.24, 2.45) is 5.10 Å². The summed E-state index contributed by atoms with van der Waals surface area (Å²) in [4.78, 5) is 12.1. The van der Waals surface area contributed by atoms with E-state index in [1.165, 1.54) is 16.4 Å². The number of carbonyl (C=O) groups excluding carboxylic acids is 1. The van der Waals surface area contributed by atoms with Crippen molar-refractivity contribution in [2.45, 2.75) is 5.16 Å². The summed E-state index contributed by atoms with van der Waals surface area (Å²) >= 11 is 1.17. The first kappa shape index (κ1) is 21.9. The Bertz CT molecular complexity index is 1230. The van der Waals surface area contributed by atoms with E-state index in [1.54, 1.807) is 6.21 Å². The van der Waals surface area contributed by atoms with Crippen LogP contribution in [0.1, 0.15) is 5.56 Å². The molecule has 1 aromatic heterocycles. The molecule has 0 aliphatic carbocycles. The number of amides is 1. The lowest BCUT2D eigenvalue weighted by molar-refractivity contribution is -0.113. The van der Waals surface area contributed by atoms with E-state index in [2.05, 4.69) is 26.0 Å². The number of nitrogens with one attached hydrogen (secondary N) is 2. The molecule has 0 atom stereocenters. The summed E-state index contributed by atoms with van der Waals surface area (Å²) in [6, 6.07) is 26.2. The van der Waals surface area contributed by atoms with Crippen LogP contribution in [0.4, 0.5) is 11.6 Å². The van der Waals surface area contributed by atoms with Crippen LogP contribution in [-0.4, -0.2) is 32.7 Å². The van der Waals surface area contributed by atoms with Crippen molar-refractivity contribution in [3.63, 3.8) is 0 Å². The van der Waals surface area contributed by atoms with Crippen LogP contribution in [0.15, 0.2) is 95.2 Å². The van der Waals surface area contributed by atoms with Gasteiger partial charge in [-0.1, -0.05) is 60.3 Å². The third kappa shape index (κ3) is 6.34. The number of benzene rings is 3. The van der Waals surface area contributed by atoms with Crippen LogP contribution in [0.3, 0.4) is 0 Å². The summed E-state index contributed by atoms with van der Waals surface area (Å²) in [5.74, 6) is 7.68. The van der Waals surface area contributed by atoms with Crippen LogP contribution < -0.4 is 21.3 Å². The van der Waals surface area contributed by atoms with Crippen LogP contribution in [-0.2, 0) is 4.79 Å². The van der Waals surface area contributed by atoms with Gasteiger partial charge in [0.15, 0.2) is 0 Å². The van der Waals surface area contributed by atoms with Gasteiger partial charge in [0.2, 0.25) is 11.1 Å². The number of para-hydroxylation sites is 2. The number of anilines is 2. The fraction of sp³-hybridized carbons (Fsp3) is 0.0435. The summed E-state index contributed by atoms with van der Waals surface area (Å²) in [6.07, 6.45) is 1.62. The molecule has 3 aromatic carbocycles. The molecule has 0 bridgehead atoms. The quantitative estimate of drug-likeness (QED) is 0.150. The van der Waals surface area contributed by atoms with Crippen LogP contribution >= 0.6 is 11.8 Å². The van der Waals surface area contributed by atoms with Crippen LogP contribution in [0, 0.1) is 0 Å². The van der Waals surface area contributed by atoms with Crippen molar-refractivity contribution in [1.29, 1.82) is 0 Å². The Morgan fingerprint density at radius 3 is 2.52 bits per heavy atom. The minimum Gasteiger partial charge on any atom is -0.457 e. The summed E-state index contributed by atoms with van der Waals surface area (Å²) in [7, 11) is 0. The minimum atomic E-state index is -0.167. The number of hydrogen-bond acceptors (Lipinski definition) is 8. The minimum absolute atomic E-state index is 0.141. The van der Waals surface area contributed by atoms with Gasteiger partial charge in [-0.3, -0.25) is 4.79 Å². The lowest BCUT2D eigenvalue weighted by Gasteiger charge is -2.06. The van der Waals surface area contributed by atoms with Crippen molar-refractivity contribution < 1.29 is 9.53 Å². The van der Waals surface area contributed by atoms with Crippen LogP contribution in [0.2, 0.25) is 0 Å². The topological polar surface area (TPSA) is 119 Å². The number of carbonyl (C=O) groups is 1. The van der Waals surface area contributed by atoms with E-state index in [4.69, 9.17) is 10.6 Å². The van der Waals surface area contributed by atoms with Gasteiger partial charge in [-0.15, -0.1) is 10.2 Å². The normalized spacial score (nSPS) is 10.8. The predicted octanol–water partition coefficient (Wildman–Crippen LogP) is 3.96. The Labute approximate surface area is 194 Å². The second-order valence-electron chi connectivity index (χ2n) is 6.74. The fourth-order valence-electron chi connectivity index (χ4n) is 2.75. The van der Waals surface area contributed by atoms with Gasteiger partial charge in [0.05, 0.1) is 12.0 Å². The van der Waals surface area contributed by atoms with Crippen molar-refractivity contribution in [2.75, 3.05) is 22.3 Å². The SMILES string of the molecule is Nn1c(N/N=C/c2cccc(Oc3ccccc3)c2)nnc1SCC(=O)Nc1ccccc1. The second kappa shape index (κ2) is 10.8. The van der Waals surface area contributed by atoms with Crippen molar-refractivity contribution in [3.05, 3.63) is 90.5 Å². The Kier molecular flexibility index (Phi) is 7.18. The highest BCUT2D eigenvalue weighted by Gasteiger charge is 2.12. The molecule has 0 saturated carbocycles. The highest BCUT2D eigenvalue weighted by Crippen LogP contribution is 2.21. The van der Waals surface area contributed by atoms with Crippen molar-refractivity contribution in [3.8, 4) is 11.5 Å². The molecule has 4 aromatic rings. The van der Waals surface area contributed by atoms with E-state index in [-0.39, 0.29) is 17.6 Å². The molecule has 1 amide bonds. The average molecular weight is 460 g/mol. The smallest absolute Gasteiger partial charge is 0.264 e. The van der Waals surface area contributed by atoms with Crippen molar-refractivity contribution in [1.82, 2.24) is 14.9 Å². The molecule has 0 saturated heterocycles. The van der Waals surface area contributed by atoms with Crippen LogP contribution in [0.25, 0.3) is 0 Å². The maximum Gasteiger partial charge on any atom is 0.264 e. The molecular weight excluding hydrogens is 438 g/mol. The zero-order chi connectivity index (χ0) is 22.9. The lowest BCUT2D eigenvalue weighted by atomic mass is 10.2. The number of nitrogens with zero attached hydrogens (tertiary/aromatic N) is 4. The molecular formula is C23H21N7O2S. The molecule has 0 radical (unpaired) electrons. The van der Waals surface area contributed by atoms with Gasteiger partial charge in [-0.2, -0.15) is 5.10 Å². The van der Waals surface area contributed by atoms with Gasteiger partial charge in [0, 0.05) is 5.69 Å². The standard InChI is InChI=1S/C23H21N7O2S/c24-30-22(28-29-23(30)33-16-21(31)26-18-9-3-1-4-10-18)27-25-15-17-8-7-13-20(14-17)32-19-11-5-2-6-12-19/h1-15H,16,24H2,(H,26,31)(H,27,28)/b25-15+. The summed E-state index contributed by atoms with van der Waals surface area (Å²) in [5, 5.41) is 15.3. The molecule has 10 heteroatoms. The van der Waals surface area contributed by atoms with Gasteiger partial charge in [0.25, 0.3) is 5.95 Å². The number of rotatable bonds is 9. The lowest BCUT2D eigenvalue weighted by Crippen LogP contribution is -2.16. The maximum absolute atomic E-state index is 12.1. The molecule has 0 fully saturated rings. The van der Waals surface area contributed by atoms with E-state index < -0.39 is 0 Å². The zero-order valence-corrected chi connectivity index (χ0v) is 18.3. The summed E-state index contributed by atoms with van der Waals surface area (Å²) in [6.45, 7) is 0. The molecule has 0 unspecified atom stereocenters. The first-order valence-electron chi connectivity index (χ1n) is 9.97. The predicted molar refractivity (Wildman–Crippen MR) is 130 cm³/mol. The number of aromatic nitrogens is 3. The van der Waals surface area contributed by atoms with Gasteiger partial charge in [-0.05, 0) is 42.0 Å². The second-order valence-corrected chi connectivity index (χ2v) is 7.68.